The number of aromatic amines is 1. The van der Waals surface area contributed by atoms with Crippen LogP contribution in [0.5, 0.6) is 0 Å². The lowest BCUT2D eigenvalue weighted by atomic mass is 10.0. The number of pyridine rings is 1. The van der Waals surface area contributed by atoms with E-state index in [0.29, 0.717) is 37.6 Å². The van der Waals surface area contributed by atoms with E-state index in [0.717, 1.165) is 39.1 Å². The number of H-pyrrole nitrogens is 1. The molecule has 0 spiro atoms. The van der Waals surface area contributed by atoms with E-state index in [9.17, 15) is 4.79 Å². The highest BCUT2D eigenvalue weighted by molar-refractivity contribution is 5.95. The van der Waals surface area contributed by atoms with Gasteiger partial charge in [-0.1, -0.05) is 12.0 Å². The molecule has 8 nitrogen and oxygen atoms in total. The number of carbonyl (C=O) groups is 1. The van der Waals surface area contributed by atoms with Gasteiger partial charge in [0.25, 0.3) is 5.91 Å². The smallest absolute Gasteiger partial charge is 0.254 e. The molecule has 1 saturated heterocycles. The molecule has 1 aliphatic heterocycles. The minimum Gasteiger partial charge on any atom is -0.378 e. The molecule has 1 aliphatic rings. The Hall–Kier alpha value is -4.48. The Morgan fingerprint density at radius 1 is 1.06 bits per heavy atom. The van der Waals surface area contributed by atoms with Gasteiger partial charge in [-0.25, -0.2) is 14.5 Å². The summed E-state index contributed by atoms with van der Waals surface area (Å²) >= 11 is 0. The number of fused-ring (bicyclic) bond motifs is 2. The second kappa shape index (κ2) is 8.70. The number of benzene rings is 1. The van der Waals surface area contributed by atoms with Crippen LogP contribution >= 0.6 is 0 Å². The largest absolute Gasteiger partial charge is 0.378 e. The van der Waals surface area contributed by atoms with Crippen LogP contribution in [0.25, 0.3) is 27.9 Å². The molecule has 1 amide bonds. The Balaban J connectivity index is 1.33. The highest BCUT2D eigenvalue weighted by Gasteiger charge is 2.19. The molecule has 172 valence electrons. The van der Waals surface area contributed by atoms with E-state index in [4.69, 9.17) is 9.84 Å². The fourth-order valence-electron chi connectivity index (χ4n) is 4.34. The molecular weight excluding hydrogens is 440 g/mol. The van der Waals surface area contributed by atoms with Gasteiger partial charge in [-0.15, -0.1) is 0 Å². The number of nitrogens with one attached hydrogen (secondary N) is 1. The third-order valence-electron chi connectivity index (χ3n) is 6.20. The second-order valence-electron chi connectivity index (χ2n) is 8.41. The van der Waals surface area contributed by atoms with Gasteiger partial charge >= 0.3 is 0 Å². The normalized spacial score (nSPS) is 13.7. The number of ether oxygens (including phenoxy) is 1. The van der Waals surface area contributed by atoms with E-state index in [1.165, 1.54) is 0 Å². The Morgan fingerprint density at radius 2 is 1.94 bits per heavy atom. The molecule has 5 heterocycles. The van der Waals surface area contributed by atoms with Gasteiger partial charge in [0.2, 0.25) is 0 Å². The van der Waals surface area contributed by atoms with Crippen LogP contribution in [-0.2, 0) is 4.74 Å². The third kappa shape index (κ3) is 3.92. The van der Waals surface area contributed by atoms with Crippen LogP contribution in [-0.4, -0.2) is 61.7 Å². The number of hydrogen-bond donors (Lipinski definition) is 1. The van der Waals surface area contributed by atoms with E-state index in [-0.39, 0.29) is 5.91 Å². The van der Waals surface area contributed by atoms with Crippen molar-refractivity contribution in [3.8, 4) is 23.1 Å². The first-order valence-corrected chi connectivity index (χ1v) is 11.4. The lowest BCUT2D eigenvalue weighted by Crippen LogP contribution is -2.40. The van der Waals surface area contributed by atoms with E-state index in [1.807, 2.05) is 60.5 Å². The highest BCUT2D eigenvalue weighted by Crippen LogP contribution is 2.24. The molecule has 0 aliphatic carbocycles. The van der Waals surface area contributed by atoms with Crippen molar-refractivity contribution in [1.82, 2.24) is 29.5 Å². The summed E-state index contributed by atoms with van der Waals surface area (Å²) in [4.78, 5) is 26.6. The van der Waals surface area contributed by atoms with Crippen LogP contribution in [0.2, 0.25) is 0 Å². The Kier molecular flexibility index (Phi) is 5.24. The van der Waals surface area contributed by atoms with Crippen LogP contribution in [0, 0.1) is 18.8 Å². The summed E-state index contributed by atoms with van der Waals surface area (Å²) < 4.78 is 7.11. The summed E-state index contributed by atoms with van der Waals surface area (Å²) in [5.41, 5.74) is 6.52. The van der Waals surface area contributed by atoms with E-state index in [2.05, 4.69) is 26.8 Å². The Morgan fingerprint density at radius 3 is 2.80 bits per heavy atom. The number of carbonyl (C=O) groups excluding carboxylic acids is 1. The topological polar surface area (TPSA) is 88.4 Å². The number of aromatic nitrogens is 5. The molecule has 0 bridgehead atoms. The number of morpholine rings is 1. The lowest BCUT2D eigenvalue weighted by Gasteiger charge is -2.27. The van der Waals surface area contributed by atoms with Gasteiger partial charge in [0.15, 0.2) is 5.65 Å². The number of rotatable bonds is 2. The number of amides is 1. The molecule has 6 rings (SSSR count). The SMILES string of the molecule is Cc1cc(C(=O)N2CCOCC2)ccc1-c1ccc2ncc(C#Cc3ccnc4[nH]ccc34)n2n1. The van der Waals surface area contributed by atoms with Gasteiger partial charge in [-0.2, -0.15) is 5.10 Å². The van der Waals surface area contributed by atoms with E-state index in [1.54, 1.807) is 16.9 Å². The summed E-state index contributed by atoms with van der Waals surface area (Å²) in [5.74, 6) is 6.47. The minimum atomic E-state index is 0.0335. The van der Waals surface area contributed by atoms with Crippen molar-refractivity contribution in [2.75, 3.05) is 26.3 Å². The van der Waals surface area contributed by atoms with E-state index >= 15 is 0 Å². The first-order chi connectivity index (χ1) is 17.2. The molecule has 0 radical (unpaired) electrons. The molecule has 0 saturated carbocycles. The summed E-state index contributed by atoms with van der Waals surface area (Å²) in [7, 11) is 0. The van der Waals surface area contributed by atoms with Crippen LogP contribution in [0.15, 0.2) is 61.1 Å². The molecule has 1 N–H and O–H groups in total. The predicted octanol–water partition coefficient (Wildman–Crippen LogP) is 3.45. The second-order valence-corrected chi connectivity index (χ2v) is 8.41. The van der Waals surface area contributed by atoms with Crippen molar-refractivity contribution in [2.45, 2.75) is 6.92 Å². The van der Waals surface area contributed by atoms with Crippen molar-refractivity contribution >= 4 is 22.6 Å². The Bertz CT molecular complexity index is 1630. The predicted molar refractivity (Wildman–Crippen MR) is 132 cm³/mol. The molecule has 0 unspecified atom stereocenters. The maximum absolute atomic E-state index is 12.9. The van der Waals surface area contributed by atoms with E-state index < -0.39 is 0 Å². The average Bonchev–Trinajstić information content (AvgIpc) is 3.54. The van der Waals surface area contributed by atoms with Crippen LogP contribution in [0.4, 0.5) is 0 Å². The van der Waals surface area contributed by atoms with Crippen molar-refractivity contribution in [1.29, 1.82) is 0 Å². The summed E-state index contributed by atoms with van der Waals surface area (Å²) in [5, 5.41) is 5.79. The summed E-state index contributed by atoms with van der Waals surface area (Å²) in [6.07, 6.45) is 5.32. The highest BCUT2D eigenvalue weighted by atomic mass is 16.5. The van der Waals surface area contributed by atoms with Crippen LogP contribution in [0.3, 0.4) is 0 Å². The van der Waals surface area contributed by atoms with Crippen molar-refractivity contribution in [3.63, 3.8) is 0 Å². The van der Waals surface area contributed by atoms with Gasteiger partial charge in [-0.05, 0) is 54.8 Å². The molecule has 0 atom stereocenters. The fraction of sp³-hybridized carbons (Fsp3) is 0.185. The fourth-order valence-corrected chi connectivity index (χ4v) is 4.34. The average molecular weight is 463 g/mol. The van der Waals surface area contributed by atoms with Gasteiger partial charge in [-0.3, -0.25) is 4.79 Å². The number of nitrogens with zero attached hydrogens (tertiary/aromatic N) is 5. The first-order valence-electron chi connectivity index (χ1n) is 11.4. The van der Waals surface area contributed by atoms with Crippen LogP contribution in [0.1, 0.15) is 27.2 Å². The summed E-state index contributed by atoms with van der Waals surface area (Å²) in [6.45, 7) is 4.41. The molecule has 8 heteroatoms. The zero-order valence-corrected chi connectivity index (χ0v) is 19.2. The van der Waals surface area contributed by atoms with Crippen molar-refractivity contribution < 1.29 is 9.53 Å². The number of aryl methyl sites for hydroxylation is 1. The van der Waals surface area contributed by atoms with Gasteiger partial charge in [0.05, 0.1) is 25.1 Å². The maximum atomic E-state index is 12.9. The minimum absolute atomic E-state index is 0.0335. The van der Waals surface area contributed by atoms with Gasteiger partial charge in [0, 0.05) is 47.6 Å². The molecule has 5 aromatic rings. The first kappa shape index (κ1) is 21.1. The van der Waals surface area contributed by atoms with Crippen LogP contribution < -0.4 is 0 Å². The number of imidazole rings is 1. The standard InChI is InChI=1S/C27H22N6O2/c1-18-16-20(27(34)32-12-14-35-15-13-32)3-5-22(18)24-6-7-25-30-17-21(33(25)31-24)4-2-19-8-10-28-26-23(19)9-11-29-26/h3,5-11,16-17H,12-15H2,1H3,(H,28,29). The lowest BCUT2D eigenvalue weighted by molar-refractivity contribution is 0.0303. The zero-order valence-electron chi connectivity index (χ0n) is 19.2. The number of hydrogen-bond acceptors (Lipinski definition) is 5. The third-order valence-corrected chi connectivity index (χ3v) is 6.20. The monoisotopic (exact) mass is 462 g/mol. The molecule has 35 heavy (non-hydrogen) atoms. The summed E-state index contributed by atoms with van der Waals surface area (Å²) in [6, 6.07) is 13.5. The quantitative estimate of drug-likeness (QED) is 0.406. The molecule has 1 aromatic carbocycles. The van der Waals surface area contributed by atoms with Crippen molar-refractivity contribution in [2.24, 2.45) is 0 Å². The molecular formula is C27H22N6O2. The molecule has 1 fully saturated rings. The van der Waals surface area contributed by atoms with Gasteiger partial charge < -0.3 is 14.6 Å². The molecule has 4 aromatic heterocycles. The maximum Gasteiger partial charge on any atom is 0.254 e. The van der Waals surface area contributed by atoms with Crippen molar-refractivity contribution in [3.05, 3.63) is 83.4 Å². The zero-order chi connectivity index (χ0) is 23.8. The van der Waals surface area contributed by atoms with Gasteiger partial charge in [0.1, 0.15) is 11.3 Å². The Labute approximate surface area is 201 Å².